The van der Waals surface area contributed by atoms with Crippen LogP contribution >= 0.6 is 0 Å². The van der Waals surface area contributed by atoms with Crippen molar-refractivity contribution in [3.63, 3.8) is 0 Å². The summed E-state index contributed by atoms with van der Waals surface area (Å²) >= 11 is 0. The van der Waals surface area contributed by atoms with Crippen LogP contribution in [0.5, 0.6) is 0 Å². The Labute approximate surface area is 140 Å². The van der Waals surface area contributed by atoms with Crippen LogP contribution < -0.4 is 0 Å². The third-order valence-corrected chi connectivity index (χ3v) is 8.43. The van der Waals surface area contributed by atoms with Crippen molar-refractivity contribution in [2.24, 2.45) is 46.8 Å². The molecule has 0 heterocycles. The maximum atomic E-state index is 11.8. The Kier molecular flexibility index (Phi) is 3.75. The largest absolute Gasteiger partial charge is 0.396 e. The minimum absolute atomic E-state index is 0.343. The second-order valence-corrected chi connectivity index (χ2v) is 9.41. The number of aliphatic hydroxyl groups excluding tert-OH is 1. The van der Waals surface area contributed by atoms with Gasteiger partial charge in [0.05, 0.1) is 0 Å². The molecule has 0 saturated heterocycles. The smallest absolute Gasteiger partial charge is 0.155 e. The molecule has 3 saturated carbocycles. The van der Waals surface area contributed by atoms with Gasteiger partial charge in [-0.15, -0.1) is 0 Å². The number of carbonyl (C=O) groups excluding carboxylic acids is 1. The lowest BCUT2D eigenvalue weighted by Crippen LogP contribution is -2.49. The molecule has 4 aliphatic rings. The highest BCUT2D eigenvalue weighted by atomic mass is 16.3. The molecule has 4 aliphatic carbocycles. The molecule has 0 aromatic carbocycles. The van der Waals surface area contributed by atoms with Crippen LogP contribution in [0.2, 0.25) is 0 Å². The molecular formula is C21H32O2. The monoisotopic (exact) mass is 316 g/mol. The summed E-state index contributed by atoms with van der Waals surface area (Å²) in [7, 11) is 0. The van der Waals surface area contributed by atoms with E-state index < -0.39 is 0 Å². The molecule has 0 bridgehead atoms. The number of allylic oxidation sites excluding steroid dienone is 1. The van der Waals surface area contributed by atoms with Gasteiger partial charge < -0.3 is 5.11 Å². The van der Waals surface area contributed by atoms with Crippen molar-refractivity contribution in [2.75, 3.05) is 6.61 Å². The highest BCUT2D eigenvalue weighted by Gasteiger charge is 2.59. The van der Waals surface area contributed by atoms with Crippen LogP contribution in [-0.4, -0.2) is 17.5 Å². The van der Waals surface area contributed by atoms with E-state index in [1.54, 1.807) is 0 Å². The second kappa shape index (κ2) is 5.44. The first kappa shape index (κ1) is 15.9. The molecule has 0 spiro atoms. The first-order valence-electron chi connectivity index (χ1n) is 9.80. The molecule has 2 heteroatoms. The number of carbonyl (C=O) groups is 1. The number of fused-ring (bicyclic) bond motifs is 5. The van der Waals surface area contributed by atoms with Gasteiger partial charge in [0.25, 0.3) is 0 Å². The molecule has 0 aromatic heterocycles. The fourth-order valence-electron chi connectivity index (χ4n) is 7.45. The van der Waals surface area contributed by atoms with Crippen LogP contribution in [-0.2, 0) is 4.79 Å². The third kappa shape index (κ3) is 2.20. The zero-order valence-electron chi connectivity index (χ0n) is 14.9. The van der Waals surface area contributed by atoms with E-state index in [0.717, 1.165) is 37.0 Å². The van der Waals surface area contributed by atoms with Crippen LogP contribution in [0.25, 0.3) is 0 Å². The summed E-state index contributed by atoms with van der Waals surface area (Å²) in [5.41, 5.74) is 1.82. The van der Waals surface area contributed by atoms with Gasteiger partial charge in [0, 0.05) is 13.0 Å². The lowest BCUT2D eigenvalue weighted by molar-refractivity contribution is -0.116. The molecule has 128 valence electrons. The fraction of sp³-hybridized carbons (Fsp3) is 0.857. The van der Waals surface area contributed by atoms with E-state index in [9.17, 15) is 9.90 Å². The van der Waals surface area contributed by atoms with Gasteiger partial charge >= 0.3 is 0 Å². The summed E-state index contributed by atoms with van der Waals surface area (Å²) in [5.74, 6) is 5.27. The van der Waals surface area contributed by atoms with Gasteiger partial charge in [-0.2, -0.15) is 0 Å². The van der Waals surface area contributed by atoms with Gasteiger partial charge in [0.15, 0.2) is 5.78 Å². The summed E-state index contributed by atoms with van der Waals surface area (Å²) in [4.78, 5) is 11.8. The Bertz CT molecular complexity index is 536. The Morgan fingerprint density at radius 1 is 1.26 bits per heavy atom. The molecule has 0 unspecified atom stereocenters. The SMILES string of the molecule is C[C@@H]1CC2=CC(=O)CC[C@@H]2[C@H]2CC[C@@]3(C)[C@H](C[C@@H](C)[C@H]3CO)[C@@H]21. The summed E-state index contributed by atoms with van der Waals surface area (Å²) in [6.07, 6.45) is 8.90. The molecule has 1 N–H and O–H groups in total. The highest BCUT2D eigenvalue weighted by molar-refractivity contribution is 5.91. The van der Waals surface area contributed by atoms with E-state index >= 15 is 0 Å². The second-order valence-electron chi connectivity index (χ2n) is 9.41. The van der Waals surface area contributed by atoms with E-state index in [2.05, 4.69) is 20.8 Å². The van der Waals surface area contributed by atoms with Gasteiger partial charge in [-0.25, -0.2) is 0 Å². The molecule has 0 radical (unpaired) electrons. The number of ketones is 1. The van der Waals surface area contributed by atoms with E-state index in [4.69, 9.17) is 0 Å². The Morgan fingerprint density at radius 3 is 2.78 bits per heavy atom. The van der Waals surface area contributed by atoms with Crippen LogP contribution in [0.1, 0.15) is 59.3 Å². The van der Waals surface area contributed by atoms with Gasteiger partial charge in [0.2, 0.25) is 0 Å². The third-order valence-electron chi connectivity index (χ3n) is 8.43. The number of hydrogen-bond donors (Lipinski definition) is 1. The minimum atomic E-state index is 0.343. The van der Waals surface area contributed by atoms with E-state index in [1.807, 2.05) is 6.08 Å². The molecule has 23 heavy (non-hydrogen) atoms. The van der Waals surface area contributed by atoms with Gasteiger partial charge in [-0.3, -0.25) is 4.79 Å². The van der Waals surface area contributed by atoms with Gasteiger partial charge in [0.1, 0.15) is 0 Å². The van der Waals surface area contributed by atoms with Crippen molar-refractivity contribution in [2.45, 2.75) is 59.3 Å². The van der Waals surface area contributed by atoms with Crippen LogP contribution in [0, 0.1) is 46.8 Å². The van der Waals surface area contributed by atoms with Crippen LogP contribution in [0.4, 0.5) is 0 Å². The van der Waals surface area contributed by atoms with E-state index in [0.29, 0.717) is 41.5 Å². The first-order valence-corrected chi connectivity index (χ1v) is 9.80. The van der Waals surface area contributed by atoms with Crippen LogP contribution in [0.3, 0.4) is 0 Å². The summed E-state index contributed by atoms with van der Waals surface area (Å²) < 4.78 is 0. The highest BCUT2D eigenvalue weighted by Crippen LogP contribution is 2.65. The van der Waals surface area contributed by atoms with Crippen molar-refractivity contribution >= 4 is 5.78 Å². The maximum Gasteiger partial charge on any atom is 0.155 e. The number of aliphatic hydroxyl groups is 1. The molecule has 8 atom stereocenters. The number of hydrogen-bond acceptors (Lipinski definition) is 2. The Hall–Kier alpha value is -0.630. The maximum absolute atomic E-state index is 11.8. The lowest BCUT2D eigenvalue weighted by atomic mass is 9.49. The summed E-state index contributed by atoms with van der Waals surface area (Å²) in [5, 5.41) is 9.97. The average Bonchev–Trinajstić information content (AvgIpc) is 2.76. The quantitative estimate of drug-likeness (QED) is 0.786. The number of rotatable bonds is 1. The minimum Gasteiger partial charge on any atom is -0.396 e. The van der Waals surface area contributed by atoms with Crippen molar-refractivity contribution in [3.8, 4) is 0 Å². The predicted molar refractivity (Wildman–Crippen MR) is 91.8 cm³/mol. The predicted octanol–water partition coefficient (Wildman–Crippen LogP) is 4.23. The Balaban J connectivity index is 1.68. The Morgan fingerprint density at radius 2 is 2.04 bits per heavy atom. The summed E-state index contributed by atoms with van der Waals surface area (Å²) in [6.45, 7) is 7.62. The van der Waals surface area contributed by atoms with Gasteiger partial charge in [-0.05, 0) is 85.0 Å². The molecule has 3 fully saturated rings. The molecule has 0 aliphatic heterocycles. The molecule has 4 rings (SSSR count). The molecular weight excluding hydrogens is 284 g/mol. The van der Waals surface area contributed by atoms with Crippen molar-refractivity contribution in [3.05, 3.63) is 11.6 Å². The molecule has 0 amide bonds. The zero-order chi connectivity index (χ0) is 16.4. The van der Waals surface area contributed by atoms with Crippen molar-refractivity contribution in [1.29, 1.82) is 0 Å². The average molecular weight is 316 g/mol. The van der Waals surface area contributed by atoms with E-state index in [1.165, 1.54) is 24.8 Å². The van der Waals surface area contributed by atoms with E-state index in [-0.39, 0.29) is 0 Å². The molecule has 0 aromatic rings. The standard InChI is InChI=1S/C21H32O2/c1-12-9-18-20-13(2)8-14-10-15(23)4-5-16(14)17(20)6-7-21(18,3)19(12)11-22/h10,12-13,16-20,22H,4-9,11H2,1-3H3/t12-,13-,16+,17-,18-,19-,20-,21+/m1/s1. The summed E-state index contributed by atoms with van der Waals surface area (Å²) in [6, 6.07) is 0. The van der Waals surface area contributed by atoms with Crippen molar-refractivity contribution < 1.29 is 9.90 Å². The van der Waals surface area contributed by atoms with Crippen molar-refractivity contribution in [1.82, 2.24) is 0 Å². The molecule has 2 nitrogen and oxygen atoms in total. The topological polar surface area (TPSA) is 37.3 Å². The lowest BCUT2D eigenvalue weighted by Gasteiger charge is -2.56. The van der Waals surface area contributed by atoms with Gasteiger partial charge in [-0.1, -0.05) is 26.3 Å². The normalized spacial score (nSPS) is 52.4. The first-order chi connectivity index (χ1) is 11.0. The van der Waals surface area contributed by atoms with Crippen LogP contribution in [0.15, 0.2) is 11.6 Å². The fourth-order valence-corrected chi connectivity index (χ4v) is 7.45. The zero-order valence-corrected chi connectivity index (χ0v) is 14.9.